The smallest absolute Gasteiger partial charge is 0.257 e. The maximum absolute atomic E-state index is 13.5. The molecule has 3 aromatic rings. The molecule has 1 aliphatic heterocycles. The second-order valence-corrected chi connectivity index (χ2v) is 9.03. The number of rotatable bonds is 6. The fourth-order valence-corrected chi connectivity index (χ4v) is 4.80. The van der Waals surface area contributed by atoms with Crippen molar-refractivity contribution >= 4 is 11.8 Å². The van der Waals surface area contributed by atoms with Gasteiger partial charge in [-0.25, -0.2) is 0 Å². The van der Waals surface area contributed by atoms with Crippen molar-refractivity contribution in [1.29, 1.82) is 0 Å². The number of pyridine rings is 1. The van der Waals surface area contributed by atoms with Crippen LogP contribution < -0.4 is 0 Å². The van der Waals surface area contributed by atoms with Crippen LogP contribution in [0.1, 0.15) is 48.0 Å². The Bertz CT molecular complexity index is 1090. The number of carbonyl (C=O) groups is 2. The summed E-state index contributed by atoms with van der Waals surface area (Å²) < 4.78 is 0. The Balaban J connectivity index is 1.36. The lowest BCUT2D eigenvalue weighted by Gasteiger charge is -2.42. The van der Waals surface area contributed by atoms with E-state index < -0.39 is 0 Å². The van der Waals surface area contributed by atoms with Gasteiger partial charge in [0.2, 0.25) is 5.91 Å². The molecule has 1 atom stereocenters. The molecule has 33 heavy (non-hydrogen) atoms. The van der Waals surface area contributed by atoms with E-state index in [9.17, 15) is 9.59 Å². The van der Waals surface area contributed by atoms with Crippen LogP contribution in [-0.4, -0.2) is 55.9 Å². The van der Waals surface area contributed by atoms with E-state index in [2.05, 4.69) is 15.2 Å². The summed E-state index contributed by atoms with van der Waals surface area (Å²) >= 11 is 0. The molecule has 1 saturated carbocycles. The van der Waals surface area contributed by atoms with E-state index in [0.717, 1.165) is 48.9 Å². The molecule has 7 nitrogen and oxygen atoms in total. The molecule has 1 unspecified atom stereocenters. The molecular weight excluding hydrogens is 414 g/mol. The number of H-pyrrole nitrogens is 1. The van der Waals surface area contributed by atoms with Crippen LogP contribution in [-0.2, 0) is 11.3 Å². The van der Waals surface area contributed by atoms with E-state index in [1.165, 1.54) is 0 Å². The van der Waals surface area contributed by atoms with Crippen LogP contribution in [0.25, 0.3) is 11.3 Å². The third-order valence-electron chi connectivity index (χ3n) is 6.87. The summed E-state index contributed by atoms with van der Waals surface area (Å²) in [6.07, 6.45) is 10.0. The lowest BCUT2D eigenvalue weighted by atomic mass is 9.83. The standard InChI is InChI=1S/C26H29N5O2/c32-25(21-10-4-11-21)31(17-19-7-5-13-27-15-19)22-12-6-14-30(18-22)26(33)23-16-28-29-24(23)20-8-2-1-3-9-20/h1-3,5,7-9,13,15-16,21-22H,4,6,10-12,14,17-18H2,(H,28,29). The zero-order valence-corrected chi connectivity index (χ0v) is 18.7. The summed E-state index contributed by atoms with van der Waals surface area (Å²) in [6.45, 7) is 1.76. The van der Waals surface area contributed by atoms with Gasteiger partial charge in [0.05, 0.1) is 17.5 Å². The maximum Gasteiger partial charge on any atom is 0.257 e. The molecule has 1 aromatic carbocycles. The summed E-state index contributed by atoms with van der Waals surface area (Å²) in [5.74, 6) is 0.300. The van der Waals surface area contributed by atoms with Crippen molar-refractivity contribution < 1.29 is 9.59 Å². The highest BCUT2D eigenvalue weighted by Gasteiger charge is 2.36. The monoisotopic (exact) mass is 443 g/mol. The summed E-state index contributed by atoms with van der Waals surface area (Å²) in [5.41, 5.74) is 3.27. The van der Waals surface area contributed by atoms with Crippen molar-refractivity contribution in [2.45, 2.75) is 44.7 Å². The summed E-state index contributed by atoms with van der Waals surface area (Å²) in [5, 5.41) is 7.14. The Kier molecular flexibility index (Phi) is 6.19. The van der Waals surface area contributed by atoms with Gasteiger partial charge in [0, 0.05) is 49.6 Å². The zero-order valence-electron chi connectivity index (χ0n) is 18.7. The van der Waals surface area contributed by atoms with Gasteiger partial charge in [-0.15, -0.1) is 0 Å². The lowest BCUT2D eigenvalue weighted by molar-refractivity contribution is -0.142. The van der Waals surface area contributed by atoms with E-state index in [4.69, 9.17) is 0 Å². The van der Waals surface area contributed by atoms with Gasteiger partial charge in [-0.3, -0.25) is 19.7 Å². The minimum Gasteiger partial charge on any atom is -0.336 e. The van der Waals surface area contributed by atoms with Crippen molar-refractivity contribution in [3.05, 3.63) is 72.2 Å². The first-order valence-corrected chi connectivity index (χ1v) is 11.8. The molecule has 1 saturated heterocycles. The number of carbonyl (C=O) groups excluding carboxylic acids is 2. The van der Waals surface area contributed by atoms with Crippen LogP contribution in [0.15, 0.2) is 61.1 Å². The molecule has 7 heteroatoms. The molecule has 2 fully saturated rings. The predicted molar refractivity (Wildman–Crippen MR) is 125 cm³/mol. The Morgan fingerprint density at radius 2 is 1.88 bits per heavy atom. The first-order valence-electron chi connectivity index (χ1n) is 11.8. The second kappa shape index (κ2) is 9.57. The number of nitrogens with one attached hydrogen (secondary N) is 1. The molecule has 1 aliphatic carbocycles. The van der Waals surface area contributed by atoms with Crippen molar-refractivity contribution in [2.24, 2.45) is 5.92 Å². The highest BCUT2D eigenvalue weighted by molar-refractivity contribution is 5.99. The molecule has 0 bridgehead atoms. The van der Waals surface area contributed by atoms with Crippen LogP contribution in [0, 0.1) is 5.92 Å². The maximum atomic E-state index is 13.5. The van der Waals surface area contributed by atoms with E-state index >= 15 is 0 Å². The molecule has 170 valence electrons. The van der Waals surface area contributed by atoms with Crippen molar-refractivity contribution in [2.75, 3.05) is 13.1 Å². The Hall–Kier alpha value is -3.48. The van der Waals surface area contributed by atoms with Gasteiger partial charge in [0.15, 0.2) is 0 Å². The predicted octanol–water partition coefficient (Wildman–Crippen LogP) is 3.91. The number of nitrogens with zero attached hydrogens (tertiary/aromatic N) is 4. The fourth-order valence-electron chi connectivity index (χ4n) is 4.80. The molecule has 3 heterocycles. The van der Waals surface area contributed by atoms with Gasteiger partial charge in [0.1, 0.15) is 0 Å². The van der Waals surface area contributed by atoms with E-state index in [1.807, 2.05) is 58.5 Å². The number of hydrogen-bond donors (Lipinski definition) is 1. The van der Waals surface area contributed by atoms with Gasteiger partial charge < -0.3 is 9.80 Å². The third kappa shape index (κ3) is 4.53. The molecule has 2 aromatic heterocycles. The highest BCUT2D eigenvalue weighted by atomic mass is 16.2. The third-order valence-corrected chi connectivity index (χ3v) is 6.87. The highest BCUT2D eigenvalue weighted by Crippen LogP contribution is 2.31. The van der Waals surface area contributed by atoms with Gasteiger partial charge in [-0.2, -0.15) is 5.10 Å². The largest absolute Gasteiger partial charge is 0.336 e. The quantitative estimate of drug-likeness (QED) is 0.626. The fraction of sp³-hybridized carbons (Fsp3) is 0.385. The number of aromatic amines is 1. The van der Waals surface area contributed by atoms with Crippen LogP contribution in [0.5, 0.6) is 0 Å². The van der Waals surface area contributed by atoms with Crippen molar-refractivity contribution in [3.8, 4) is 11.3 Å². The van der Waals surface area contributed by atoms with Gasteiger partial charge in [0.25, 0.3) is 5.91 Å². The first kappa shape index (κ1) is 21.4. The molecule has 5 rings (SSSR count). The second-order valence-electron chi connectivity index (χ2n) is 9.03. The zero-order chi connectivity index (χ0) is 22.6. The minimum absolute atomic E-state index is 0.00285. The first-order chi connectivity index (χ1) is 16.2. The Morgan fingerprint density at radius 1 is 1.03 bits per heavy atom. The number of aromatic nitrogens is 3. The number of amides is 2. The topological polar surface area (TPSA) is 82.2 Å². The van der Waals surface area contributed by atoms with Crippen molar-refractivity contribution in [3.63, 3.8) is 0 Å². The molecule has 2 aliphatic rings. The van der Waals surface area contributed by atoms with Crippen LogP contribution in [0.2, 0.25) is 0 Å². The number of piperidine rings is 1. The molecule has 2 amide bonds. The van der Waals surface area contributed by atoms with Gasteiger partial charge in [-0.1, -0.05) is 42.8 Å². The summed E-state index contributed by atoms with van der Waals surface area (Å²) in [6, 6.07) is 13.7. The average Bonchev–Trinajstić information content (AvgIpc) is 3.32. The Morgan fingerprint density at radius 3 is 2.61 bits per heavy atom. The molecule has 1 N–H and O–H groups in total. The molecule has 0 radical (unpaired) electrons. The van der Waals surface area contributed by atoms with E-state index in [0.29, 0.717) is 25.2 Å². The number of likely N-dealkylation sites (tertiary alicyclic amines) is 1. The normalized spacial score (nSPS) is 18.5. The molecular formula is C26H29N5O2. The summed E-state index contributed by atoms with van der Waals surface area (Å²) in [4.78, 5) is 35.0. The van der Waals surface area contributed by atoms with Gasteiger partial charge in [-0.05, 0) is 37.3 Å². The molecule has 0 spiro atoms. The Labute approximate surface area is 193 Å². The van der Waals surface area contributed by atoms with Gasteiger partial charge >= 0.3 is 0 Å². The van der Waals surface area contributed by atoms with Crippen LogP contribution >= 0.6 is 0 Å². The van der Waals surface area contributed by atoms with Crippen LogP contribution in [0.3, 0.4) is 0 Å². The summed E-state index contributed by atoms with van der Waals surface area (Å²) in [7, 11) is 0. The number of benzene rings is 1. The number of hydrogen-bond acceptors (Lipinski definition) is 4. The van der Waals surface area contributed by atoms with Crippen LogP contribution in [0.4, 0.5) is 0 Å². The van der Waals surface area contributed by atoms with Crippen molar-refractivity contribution in [1.82, 2.24) is 25.0 Å². The SMILES string of the molecule is O=C(c1cn[nH]c1-c1ccccc1)N1CCCC(N(Cc2cccnc2)C(=O)C2CCC2)C1. The minimum atomic E-state index is -0.0373. The van der Waals surface area contributed by atoms with E-state index in [1.54, 1.807) is 12.4 Å². The lowest BCUT2D eigenvalue weighted by Crippen LogP contribution is -2.53. The van der Waals surface area contributed by atoms with E-state index in [-0.39, 0.29) is 23.8 Å². The average molecular weight is 444 g/mol.